The molecule has 36 heavy (non-hydrogen) atoms. The molecule has 3 rings (SSSR count). The Morgan fingerprint density at radius 2 is 1.78 bits per heavy atom. The van der Waals surface area contributed by atoms with Crippen molar-refractivity contribution in [2.45, 2.75) is 39.7 Å². The predicted molar refractivity (Wildman–Crippen MR) is 140 cm³/mol. The number of ether oxygens (including phenoxy) is 3. The maximum atomic E-state index is 13.2. The maximum Gasteiger partial charge on any atom is 0.295 e. The van der Waals surface area contributed by atoms with Crippen LogP contribution in [0.2, 0.25) is 5.02 Å². The number of aliphatic hydroxyl groups excluding tert-OH is 1. The van der Waals surface area contributed by atoms with Crippen molar-refractivity contribution in [3.8, 4) is 11.5 Å². The molecule has 7 nitrogen and oxygen atoms in total. The zero-order valence-corrected chi connectivity index (χ0v) is 22.0. The molecular weight excluding hydrogens is 482 g/mol. The Hall–Kier alpha value is -3.03. The smallest absolute Gasteiger partial charge is 0.295 e. The van der Waals surface area contributed by atoms with Gasteiger partial charge in [0.25, 0.3) is 11.7 Å². The molecular formula is C28H34ClNO6. The van der Waals surface area contributed by atoms with Gasteiger partial charge >= 0.3 is 0 Å². The molecule has 0 aromatic heterocycles. The number of aliphatic hydroxyl groups is 1. The molecule has 2 aromatic carbocycles. The number of hydrogen-bond acceptors (Lipinski definition) is 6. The molecule has 0 radical (unpaired) electrons. The first-order chi connectivity index (χ1) is 17.3. The van der Waals surface area contributed by atoms with Gasteiger partial charge < -0.3 is 24.2 Å². The molecule has 1 atom stereocenters. The first-order valence-corrected chi connectivity index (χ1v) is 12.6. The zero-order valence-electron chi connectivity index (χ0n) is 21.3. The molecule has 1 aliphatic heterocycles. The van der Waals surface area contributed by atoms with Crippen LogP contribution in [0, 0.1) is 5.92 Å². The van der Waals surface area contributed by atoms with Gasteiger partial charge in [0, 0.05) is 30.8 Å². The highest BCUT2D eigenvalue weighted by atomic mass is 35.5. The molecule has 0 bridgehead atoms. The highest BCUT2D eigenvalue weighted by Gasteiger charge is 2.46. The molecule has 1 N–H and O–H groups in total. The van der Waals surface area contributed by atoms with Crippen molar-refractivity contribution in [2.75, 3.05) is 33.5 Å². The van der Waals surface area contributed by atoms with Crippen LogP contribution in [0.25, 0.3) is 5.76 Å². The van der Waals surface area contributed by atoms with Crippen molar-refractivity contribution in [1.82, 2.24) is 4.90 Å². The van der Waals surface area contributed by atoms with Gasteiger partial charge in [0.2, 0.25) is 0 Å². The fourth-order valence-electron chi connectivity index (χ4n) is 4.09. The number of rotatable bonds is 12. The molecule has 1 saturated heterocycles. The minimum absolute atomic E-state index is 0.0238. The van der Waals surface area contributed by atoms with Gasteiger partial charge in [-0.1, -0.05) is 31.5 Å². The maximum absolute atomic E-state index is 13.2. The summed E-state index contributed by atoms with van der Waals surface area (Å²) in [5.41, 5.74) is 1.07. The summed E-state index contributed by atoms with van der Waals surface area (Å²) in [4.78, 5) is 27.7. The van der Waals surface area contributed by atoms with Crippen LogP contribution < -0.4 is 9.47 Å². The molecule has 1 unspecified atom stereocenters. The van der Waals surface area contributed by atoms with Crippen molar-refractivity contribution in [3.05, 3.63) is 64.2 Å². The second-order valence-electron chi connectivity index (χ2n) is 9.02. The van der Waals surface area contributed by atoms with Crippen LogP contribution in [0.1, 0.15) is 50.8 Å². The Morgan fingerprint density at radius 1 is 1.06 bits per heavy atom. The number of halogens is 1. The average molecular weight is 516 g/mol. The third-order valence-corrected chi connectivity index (χ3v) is 6.19. The van der Waals surface area contributed by atoms with Crippen molar-refractivity contribution in [3.63, 3.8) is 0 Å². The molecule has 8 heteroatoms. The topological polar surface area (TPSA) is 85.3 Å². The van der Waals surface area contributed by atoms with Gasteiger partial charge in [0.15, 0.2) is 11.5 Å². The Morgan fingerprint density at radius 3 is 2.42 bits per heavy atom. The van der Waals surface area contributed by atoms with Gasteiger partial charge in [0.05, 0.1) is 24.8 Å². The van der Waals surface area contributed by atoms with Crippen molar-refractivity contribution in [2.24, 2.45) is 5.92 Å². The van der Waals surface area contributed by atoms with Crippen molar-refractivity contribution < 1.29 is 28.9 Å². The van der Waals surface area contributed by atoms with E-state index in [1.165, 1.54) is 4.90 Å². The Labute approximate surface area is 217 Å². The van der Waals surface area contributed by atoms with Crippen LogP contribution in [0.3, 0.4) is 0 Å². The molecule has 194 valence electrons. The first-order valence-electron chi connectivity index (χ1n) is 12.2. The first kappa shape index (κ1) is 27.6. The fraction of sp³-hybridized carbons (Fsp3) is 0.429. The van der Waals surface area contributed by atoms with Crippen LogP contribution in [0.5, 0.6) is 11.5 Å². The van der Waals surface area contributed by atoms with Crippen LogP contribution in [0.4, 0.5) is 0 Å². The fourth-order valence-corrected chi connectivity index (χ4v) is 4.21. The number of likely N-dealkylation sites (tertiary alicyclic amines) is 1. The van der Waals surface area contributed by atoms with E-state index in [0.29, 0.717) is 59.8 Å². The molecule has 0 saturated carbocycles. The molecule has 1 fully saturated rings. The largest absolute Gasteiger partial charge is 0.507 e. The zero-order chi connectivity index (χ0) is 26.2. The second kappa shape index (κ2) is 12.8. The summed E-state index contributed by atoms with van der Waals surface area (Å²) in [5.74, 6) is -0.0380. The third kappa shape index (κ3) is 6.39. The third-order valence-electron chi connectivity index (χ3n) is 5.94. The minimum Gasteiger partial charge on any atom is -0.507 e. The van der Waals surface area contributed by atoms with Gasteiger partial charge in [-0.2, -0.15) is 0 Å². The summed E-state index contributed by atoms with van der Waals surface area (Å²) >= 11 is 6.00. The Kier molecular flexibility index (Phi) is 9.79. The van der Waals surface area contributed by atoms with Crippen molar-refractivity contribution >= 4 is 29.1 Å². The number of benzene rings is 2. The van der Waals surface area contributed by atoms with E-state index in [2.05, 4.69) is 13.8 Å². The lowest BCUT2D eigenvalue weighted by atomic mass is 9.95. The molecule has 1 amide bonds. The van der Waals surface area contributed by atoms with Gasteiger partial charge in [-0.05, 0) is 67.6 Å². The van der Waals surface area contributed by atoms with Gasteiger partial charge in [-0.3, -0.25) is 9.59 Å². The lowest BCUT2D eigenvalue weighted by molar-refractivity contribution is -0.140. The van der Waals surface area contributed by atoms with E-state index in [0.717, 1.165) is 6.42 Å². The average Bonchev–Trinajstić information content (AvgIpc) is 3.10. The van der Waals surface area contributed by atoms with E-state index in [4.69, 9.17) is 25.8 Å². The van der Waals surface area contributed by atoms with E-state index in [1.54, 1.807) is 43.5 Å². The number of ketones is 1. The van der Waals surface area contributed by atoms with Crippen LogP contribution >= 0.6 is 11.6 Å². The number of methoxy groups -OCH3 is 1. The normalized spacial score (nSPS) is 17.2. The van der Waals surface area contributed by atoms with E-state index in [9.17, 15) is 14.7 Å². The molecule has 0 spiro atoms. The summed E-state index contributed by atoms with van der Waals surface area (Å²) in [7, 11) is 1.58. The lowest BCUT2D eigenvalue weighted by Gasteiger charge is -2.26. The number of nitrogens with zero attached hydrogens (tertiary/aromatic N) is 1. The summed E-state index contributed by atoms with van der Waals surface area (Å²) < 4.78 is 17.0. The summed E-state index contributed by atoms with van der Waals surface area (Å²) in [6, 6.07) is 11.1. The number of amides is 1. The van der Waals surface area contributed by atoms with Gasteiger partial charge in [-0.25, -0.2) is 0 Å². The number of carbonyl (C=O) groups is 2. The van der Waals surface area contributed by atoms with Crippen LogP contribution in [0.15, 0.2) is 48.0 Å². The monoisotopic (exact) mass is 515 g/mol. The van der Waals surface area contributed by atoms with Crippen LogP contribution in [-0.4, -0.2) is 55.2 Å². The molecule has 1 heterocycles. The summed E-state index contributed by atoms with van der Waals surface area (Å²) in [5, 5.41) is 11.7. The van der Waals surface area contributed by atoms with E-state index < -0.39 is 17.7 Å². The Balaban J connectivity index is 2.08. The van der Waals surface area contributed by atoms with Gasteiger partial charge in [-0.15, -0.1) is 0 Å². The number of hydrogen-bond donors (Lipinski definition) is 1. The van der Waals surface area contributed by atoms with E-state index in [1.807, 2.05) is 13.0 Å². The number of carbonyl (C=O) groups excluding carboxylic acids is 2. The van der Waals surface area contributed by atoms with Crippen LogP contribution in [-0.2, 0) is 14.3 Å². The van der Waals surface area contributed by atoms with Crippen molar-refractivity contribution in [1.29, 1.82) is 0 Å². The SMILES string of the molecule is CCOc1cc(C2C(=C(O)c3ccc(Cl)cc3)C(=O)C(=O)N2CCCOC)ccc1OCCC(C)C. The standard InChI is InChI=1S/C28H34ClNO6/c1-5-35-23-17-20(9-12-22(23)36-16-13-18(2)3)25-24(26(31)19-7-10-21(29)11-8-19)27(32)28(33)30(25)14-6-15-34-4/h7-12,17-18,25,31H,5-6,13-16H2,1-4H3. The molecule has 1 aliphatic rings. The van der Waals surface area contributed by atoms with E-state index in [-0.39, 0.29) is 17.9 Å². The van der Waals surface area contributed by atoms with Gasteiger partial charge in [0.1, 0.15) is 5.76 Å². The molecule has 2 aromatic rings. The highest BCUT2D eigenvalue weighted by Crippen LogP contribution is 2.42. The second-order valence-corrected chi connectivity index (χ2v) is 9.45. The quantitative estimate of drug-likeness (QED) is 0.171. The minimum atomic E-state index is -0.790. The Bertz CT molecular complexity index is 1100. The molecule has 0 aliphatic carbocycles. The summed E-state index contributed by atoms with van der Waals surface area (Å²) in [6.45, 7) is 7.82. The number of Topliss-reactive ketones (excluding diaryl/α,β-unsaturated/α-hetero) is 1. The summed E-state index contributed by atoms with van der Waals surface area (Å²) in [6.07, 6.45) is 1.43. The highest BCUT2D eigenvalue weighted by molar-refractivity contribution is 6.46. The predicted octanol–water partition coefficient (Wildman–Crippen LogP) is 5.62. The van der Waals surface area contributed by atoms with E-state index >= 15 is 0 Å². The lowest BCUT2D eigenvalue weighted by Crippen LogP contribution is -2.31.